The molecule has 51 heavy (non-hydrogen) atoms. The molecular weight excluding hydrogens is 673 g/mol. The summed E-state index contributed by atoms with van der Waals surface area (Å²) in [4.78, 5) is 26.9. The van der Waals surface area contributed by atoms with Gasteiger partial charge < -0.3 is 23.1 Å². The van der Waals surface area contributed by atoms with Crippen LogP contribution in [0.15, 0.2) is 48.1 Å². The largest absolute Gasteiger partial charge is 0.478 e. The maximum Gasteiger partial charge on any atom is 0.347 e. The Kier molecular flexibility index (Phi) is 13.4. The number of hydrogen-bond acceptors (Lipinski definition) is 7. The summed E-state index contributed by atoms with van der Waals surface area (Å²) >= 11 is 0. The fourth-order valence-electron chi connectivity index (χ4n) is 7.28. The summed E-state index contributed by atoms with van der Waals surface area (Å²) in [6, 6.07) is 7.92. The molecule has 2 aliphatic carbocycles. The lowest BCUT2D eigenvalue weighted by Crippen LogP contribution is -2.49. The van der Waals surface area contributed by atoms with Crippen LogP contribution in [0.25, 0.3) is 0 Å². The molecule has 1 heterocycles. The number of benzene rings is 1. The topological polar surface area (TPSA) is 80.3 Å². The van der Waals surface area contributed by atoms with Gasteiger partial charge in [-0.2, -0.15) is 0 Å². The van der Waals surface area contributed by atoms with E-state index in [4.69, 9.17) is 23.1 Å². The molecule has 7 nitrogen and oxygen atoms in total. The molecule has 1 aliphatic heterocycles. The number of aryl methyl sites for hydroxylation is 1. The number of cyclic esters (lactones) is 1. The van der Waals surface area contributed by atoms with Gasteiger partial charge in [0.05, 0.1) is 18.6 Å². The summed E-state index contributed by atoms with van der Waals surface area (Å²) in [5.74, 6) is 0.713. The highest BCUT2D eigenvalue weighted by atomic mass is 28.4. The second kappa shape index (κ2) is 16.4. The molecule has 0 aromatic heterocycles. The van der Waals surface area contributed by atoms with Crippen LogP contribution in [0, 0.1) is 17.8 Å². The minimum atomic E-state index is -2.11. The minimum absolute atomic E-state index is 0.00669. The normalized spacial score (nSPS) is 28.0. The highest BCUT2D eigenvalue weighted by Gasteiger charge is 2.47. The standard InChI is InChI=1S/C42H68O7Si2/c1-14-29-18-16-17-19-36(29)46-35(15-2)40(44)47-37-26-32(48-50(10,11)41(4,5)6)24-30-21-20-28(3)34(39(30)37)23-22-31-25-33(27-38(43)45-31)49-51(12,13)42(7,8)9/h16-21,24,28,31-35,37,39H,14-15,22-23,25-27H2,1-13H3/t28?,31-,32?,33-,34?,35+,37?,39?/m1/s1. The van der Waals surface area contributed by atoms with E-state index in [1.807, 2.05) is 31.2 Å². The summed E-state index contributed by atoms with van der Waals surface area (Å²) in [7, 11) is -4.15. The molecule has 9 heteroatoms. The zero-order valence-electron chi connectivity index (χ0n) is 34.0. The number of fused-ring (bicyclic) bond motifs is 1. The maximum absolute atomic E-state index is 14.0. The summed E-state index contributed by atoms with van der Waals surface area (Å²) in [6.07, 6.45) is 9.83. The number of esters is 2. The monoisotopic (exact) mass is 740 g/mol. The fourth-order valence-corrected chi connectivity index (χ4v) is 9.92. The molecule has 286 valence electrons. The first-order valence-corrected chi connectivity index (χ1v) is 25.4. The van der Waals surface area contributed by atoms with Gasteiger partial charge in [-0.25, -0.2) is 4.79 Å². The lowest BCUT2D eigenvalue weighted by Gasteiger charge is -2.46. The van der Waals surface area contributed by atoms with Crippen LogP contribution in [0.5, 0.6) is 5.75 Å². The van der Waals surface area contributed by atoms with Gasteiger partial charge in [-0.1, -0.05) is 98.7 Å². The highest BCUT2D eigenvalue weighted by molar-refractivity contribution is 6.74. The first-order valence-electron chi connectivity index (χ1n) is 19.6. The molecule has 4 rings (SSSR count). The van der Waals surface area contributed by atoms with E-state index in [2.05, 4.69) is 99.8 Å². The predicted octanol–water partition coefficient (Wildman–Crippen LogP) is 10.4. The van der Waals surface area contributed by atoms with Crippen molar-refractivity contribution in [2.45, 2.75) is 174 Å². The molecule has 0 amide bonds. The maximum atomic E-state index is 14.0. The average molecular weight is 741 g/mol. The predicted molar refractivity (Wildman–Crippen MR) is 211 cm³/mol. The van der Waals surface area contributed by atoms with Crippen molar-refractivity contribution in [3.63, 3.8) is 0 Å². The Labute approximate surface area is 311 Å². The smallest absolute Gasteiger partial charge is 0.347 e. The van der Waals surface area contributed by atoms with E-state index >= 15 is 0 Å². The van der Waals surface area contributed by atoms with Crippen LogP contribution in [0.3, 0.4) is 0 Å². The molecule has 0 spiro atoms. The van der Waals surface area contributed by atoms with Gasteiger partial charge in [0.1, 0.15) is 18.0 Å². The van der Waals surface area contributed by atoms with E-state index in [9.17, 15) is 9.59 Å². The van der Waals surface area contributed by atoms with Gasteiger partial charge in [-0.3, -0.25) is 4.79 Å². The number of allylic oxidation sites excluding steroid dienone is 2. The molecule has 3 aliphatic rings. The van der Waals surface area contributed by atoms with E-state index < -0.39 is 22.7 Å². The van der Waals surface area contributed by atoms with Crippen molar-refractivity contribution in [1.29, 1.82) is 0 Å². The lowest BCUT2D eigenvalue weighted by atomic mass is 9.66. The zero-order valence-corrected chi connectivity index (χ0v) is 36.0. The van der Waals surface area contributed by atoms with Crippen LogP contribution in [-0.2, 0) is 34.3 Å². The number of carbonyl (C=O) groups is 2. The van der Waals surface area contributed by atoms with Crippen molar-refractivity contribution < 1.29 is 32.7 Å². The second-order valence-corrected chi connectivity index (χ2v) is 27.8. The number of ether oxygens (including phenoxy) is 3. The van der Waals surface area contributed by atoms with Crippen molar-refractivity contribution in [2.24, 2.45) is 17.8 Å². The molecular formula is C42H68O7Si2. The molecule has 0 bridgehead atoms. The number of carbonyl (C=O) groups excluding carboxylic acids is 2. The van der Waals surface area contributed by atoms with E-state index in [0.29, 0.717) is 19.3 Å². The van der Waals surface area contributed by atoms with Gasteiger partial charge in [0.15, 0.2) is 22.7 Å². The second-order valence-electron chi connectivity index (χ2n) is 18.3. The van der Waals surface area contributed by atoms with Crippen LogP contribution in [-0.4, -0.2) is 59.1 Å². The van der Waals surface area contributed by atoms with Crippen molar-refractivity contribution >= 4 is 28.6 Å². The first-order chi connectivity index (χ1) is 23.7. The van der Waals surface area contributed by atoms with Crippen molar-refractivity contribution in [3.05, 3.63) is 53.6 Å². The van der Waals surface area contributed by atoms with Crippen LogP contribution in [0.2, 0.25) is 36.3 Å². The van der Waals surface area contributed by atoms with Crippen LogP contribution in [0.4, 0.5) is 0 Å². The molecule has 0 radical (unpaired) electrons. The van der Waals surface area contributed by atoms with Crippen molar-refractivity contribution in [3.8, 4) is 5.75 Å². The zero-order chi connectivity index (χ0) is 37.9. The summed E-state index contributed by atoms with van der Waals surface area (Å²) in [5.41, 5.74) is 2.25. The number of hydrogen-bond donors (Lipinski definition) is 0. The Morgan fingerprint density at radius 2 is 1.59 bits per heavy atom. The van der Waals surface area contributed by atoms with Gasteiger partial charge in [-0.05, 0) is 91.0 Å². The van der Waals surface area contributed by atoms with Gasteiger partial charge in [-0.15, -0.1) is 0 Å². The molecule has 1 fully saturated rings. The molecule has 5 unspecified atom stereocenters. The van der Waals surface area contributed by atoms with E-state index in [1.54, 1.807) is 0 Å². The Bertz CT molecular complexity index is 1420. The van der Waals surface area contributed by atoms with Crippen molar-refractivity contribution in [2.75, 3.05) is 0 Å². The third-order valence-corrected chi connectivity index (χ3v) is 21.5. The number of para-hydroxylation sites is 1. The van der Waals surface area contributed by atoms with Gasteiger partial charge >= 0.3 is 11.9 Å². The Balaban J connectivity index is 1.58. The summed E-state index contributed by atoms with van der Waals surface area (Å²) in [6.45, 7) is 28.8. The van der Waals surface area contributed by atoms with Gasteiger partial charge in [0, 0.05) is 18.8 Å². The fraction of sp³-hybridized carbons (Fsp3) is 0.714. The van der Waals surface area contributed by atoms with Crippen LogP contribution in [0.1, 0.15) is 106 Å². The summed E-state index contributed by atoms with van der Waals surface area (Å²) < 4.78 is 32.5. The lowest BCUT2D eigenvalue weighted by molar-refractivity contribution is -0.164. The van der Waals surface area contributed by atoms with E-state index in [-0.39, 0.29) is 64.2 Å². The third-order valence-electron chi connectivity index (χ3n) is 12.4. The Morgan fingerprint density at radius 3 is 2.22 bits per heavy atom. The molecule has 8 atom stereocenters. The van der Waals surface area contributed by atoms with E-state index in [0.717, 1.165) is 37.0 Å². The van der Waals surface area contributed by atoms with Crippen LogP contribution < -0.4 is 4.74 Å². The number of rotatable bonds is 13. The molecule has 0 N–H and O–H groups in total. The SMILES string of the molecule is CCc1ccccc1O[C@@H](CC)C(=O)OC1CC(O[Si](C)(C)C(C)(C)C)C=C2C=CC(C)C(CC[C@@H]3C[C@@H](O[Si](C)(C)C(C)(C)C)CC(=O)O3)C21. The van der Waals surface area contributed by atoms with Crippen molar-refractivity contribution in [1.82, 2.24) is 0 Å². The molecule has 0 saturated carbocycles. The minimum Gasteiger partial charge on any atom is -0.478 e. The molecule has 1 saturated heterocycles. The molecule has 1 aromatic rings. The third kappa shape index (κ3) is 10.3. The first kappa shape index (κ1) is 41.5. The Hall–Kier alpha value is -2.21. The van der Waals surface area contributed by atoms with Crippen LogP contribution >= 0.6 is 0 Å². The quantitative estimate of drug-likeness (QED) is 0.147. The van der Waals surface area contributed by atoms with Gasteiger partial charge in [0.2, 0.25) is 0 Å². The Morgan fingerprint density at radius 1 is 0.941 bits per heavy atom. The highest BCUT2D eigenvalue weighted by Crippen LogP contribution is 2.47. The molecule has 1 aromatic carbocycles. The van der Waals surface area contributed by atoms with E-state index in [1.165, 1.54) is 5.57 Å². The van der Waals surface area contributed by atoms with Gasteiger partial charge in [0.25, 0.3) is 0 Å². The average Bonchev–Trinajstić information content (AvgIpc) is 3.01. The summed E-state index contributed by atoms with van der Waals surface area (Å²) in [5, 5.41) is 0.114.